The van der Waals surface area contributed by atoms with E-state index in [-0.39, 0.29) is 11.8 Å². The second kappa shape index (κ2) is 5.43. The molecule has 1 aromatic rings. The molecular formula is C14H19NO2. The van der Waals surface area contributed by atoms with Gasteiger partial charge in [0.2, 0.25) is 0 Å². The number of carbonyl (C=O) groups is 1. The van der Waals surface area contributed by atoms with Crippen molar-refractivity contribution in [1.82, 2.24) is 4.90 Å². The molecule has 0 amide bonds. The van der Waals surface area contributed by atoms with Crippen LogP contribution in [-0.2, 0) is 4.74 Å². The molecule has 1 fully saturated rings. The highest BCUT2D eigenvalue weighted by Gasteiger charge is 2.28. The molecule has 0 saturated carbocycles. The number of carbonyl (C=O) groups excluding carboxylic acids is 1. The minimum absolute atomic E-state index is 0.0729. The lowest BCUT2D eigenvalue weighted by atomic mass is 10.0. The van der Waals surface area contributed by atoms with Crippen LogP contribution in [0.25, 0.3) is 0 Å². The molecular weight excluding hydrogens is 214 g/mol. The summed E-state index contributed by atoms with van der Waals surface area (Å²) >= 11 is 0. The van der Waals surface area contributed by atoms with Gasteiger partial charge in [0.15, 0.2) is 5.78 Å². The van der Waals surface area contributed by atoms with Gasteiger partial charge in [-0.25, -0.2) is 0 Å². The highest BCUT2D eigenvalue weighted by atomic mass is 16.5. The minimum atomic E-state index is -0.0729. The summed E-state index contributed by atoms with van der Waals surface area (Å²) in [5.41, 5.74) is 0.790. The van der Waals surface area contributed by atoms with Crippen LogP contribution in [0.1, 0.15) is 24.2 Å². The zero-order valence-electron chi connectivity index (χ0n) is 10.4. The molecule has 2 atom stereocenters. The Labute approximate surface area is 102 Å². The van der Waals surface area contributed by atoms with Gasteiger partial charge in [-0.05, 0) is 13.8 Å². The summed E-state index contributed by atoms with van der Waals surface area (Å²) in [6, 6.07) is 9.74. The summed E-state index contributed by atoms with van der Waals surface area (Å²) in [4.78, 5) is 14.5. The summed E-state index contributed by atoms with van der Waals surface area (Å²) in [5, 5.41) is 0. The predicted molar refractivity (Wildman–Crippen MR) is 67.2 cm³/mol. The zero-order chi connectivity index (χ0) is 12.3. The number of Topliss-reactive ketones (excluding diaryl/α,β-unsaturated/α-hetero) is 1. The third kappa shape index (κ3) is 2.73. The molecule has 17 heavy (non-hydrogen) atoms. The van der Waals surface area contributed by atoms with E-state index >= 15 is 0 Å². The lowest BCUT2D eigenvalue weighted by Gasteiger charge is -2.37. The van der Waals surface area contributed by atoms with Crippen LogP contribution in [0.2, 0.25) is 0 Å². The van der Waals surface area contributed by atoms with Crippen LogP contribution in [0, 0.1) is 0 Å². The van der Waals surface area contributed by atoms with Crippen LogP contribution in [0.15, 0.2) is 30.3 Å². The molecule has 92 valence electrons. The maximum Gasteiger partial charge on any atom is 0.179 e. The minimum Gasteiger partial charge on any atom is -0.379 e. The molecule has 1 saturated heterocycles. The van der Waals surface area contributed by atoms with Gasteiger partial charge in [0.05, 0.1) is 19.3 Å². The molecule has 1 heterocycles. The van der Waals surface area contributed by atoms with E-state index in [2.05, 4.69) is 11.8 Å². The first-order valence-electron chi connectivity index (χ1n) is 6.13. The molecule has 0 bridgehead atoms. The Morgan fingerprint density at radius 3 is 2.76 bits per heavy atom. The molecule has 0 aliphatic carbocycles. The van der Waals surface area contributed by atoms with Crippen molar-refractivity contribution in [1.29, 1.82) is 0 Å². The van der Waals surface area contributed by atoms with E-state index in [0.717, 1.165) is 18.7 Å². The van der Waals surface area contributed by atoms with E-state index in [1.165, 1.54) is 0 Å². The number of nitrogens with zero attached hydrogens (tertiary/aromatic N) is 1. The SMILES string of the molecule is CC1COCCN1C(C)C(=O)c1ccccc1. The monoisotopic (exact) mass is 233 g/mol. The Balaban J connectivity index is 2.09. The normalized spacial score (nSPS) is 23.3. The van der Waals surface area contributed by atoms with Crippen molar-refractivity contribution in [2.45, 2.75) is 25.9 Å². The van der Waals surface area contributed by atoms with Gasteiger partial charge in [-0.15, -0.1) is 0 Å². The Morgan fingerprint density at radius 2 is 2.12 bits per heavy atom. The topological polar surface area (TPSA) is 29.5 Å². The Bertz CT molecular complexity index is 377. The second-order valence-corrected chi connectivity index (χ2v) is 4.57. The first-order chi connectivity index (χ1) is 8.20. The number of benzene rings is 1. The zero-order valence-corrected chi connectivity index (χ0v) is 10.4. The predicted octanol–water partition coefficient (Wildman–Crippen LogP) is 1.98. The number of morpholine rings is 1. The van der Waals surface area contributed by atoms with Gasteiger partial charge in [0, 0.05) is 18.2 Å². The lowest BCUT2D eigenvalue weighted by Crippen LogP contribution is -2.51. The van der Waals surface area contributed by atoms with Crippen LogP contribution in [-0.4, -0.2) is 42.5 Å². The Kier molecular flexibility index (Phi) is 3.92. The van der Waals surface area contributed by atoms with Crippen LogP contribution >= 0.6 is 0 Å². The highest BCUT2D eigenvalue weighted by molar-refractivity contribution is 5.99. The fourth-order valence-corrected chi connectivity index (χ4v) is 2.31. The molecule has 0 radical (unpaired) electrons. The van der Waals surface area contributed by atoms with E-state index in [1.807, 2.05) is 37.3 Å². The smallest absolute Gasteiger partial charge is 0.179 e. The summed E-state index contributed by atoms with van der Waals surface area (Å²) < 4.78 is 5.39. The van der Waals surface area contributed by atoms with Gasteiger partial charge in [-0.2, -0.15) is 0 Å². The number of rotatable bonds is 3. The van der Waals surface area contributed by atoms with Crippen molar-refractivity contribution < 1.29 is 9.53 Å². The molecule has 1 aromatic carbocycles. The molecule has 0 spiro atoms. The van der Waals surface area contributed by atoms with Crippen LogP contribution < -0.4 is 0 Å². The Hall–Kier alpha value is -1.19. The van der Waals surface area contributed by atoms with E-state index in [0.29, 0.717) is 12.6 Å². The van der Waals surface area contributed by atoms with Crippen LogP contribution in [0.4, 0.5) is 0 Å². The molecule has 0 N–H and O–H groups in total. The fourth-order valence-electron chi connectivity index (χ4n) is 2.31. The fraction of sp³-hybridized carbons (Fsp3) is 0.500. The van der Waals surface area contributed by atoms with Gasteiger partial charge in [-0.1, -0.05) is 30.3 Å². The summed E-state index contributed by atoms with van der Waals surface area (Å²) in [7, 11) is 0. The largest absolute Gasteiger partial charge is 0.379 e. The van der Waals surface area contributed by atoms with Gasteiger partial charge in [0.25, 0.3) is 0 Å². The first kappa shape index (κ1) is 12.3. The molecule has 2 unspecified atom stereocenters. The number of hydrogen-bond acceptors (Lipinski definition) is 3. The van der Waals surface area contributed by atoms with E-state index in [1.54, 1.807) is 0 Å². The number of ether oxygens (including phenoxy) is 1. The molecule has 2 rings (SSSR count). The average molecular weight is 233 g/mol. The molecule has 1 aliphatic heterocycles. The molecule has 3 nitrogen and oxygen atoms in total. The van der Waals surface area contributed by atoms with Gasteiger partial charge < -0.3 is 4.74 Å². The third-order valence-electron chi connectivity index (χ3n) is 3.35. The van der Waals surface area contributed by atoms with Crippen molar-refractivity contribution in [3.63, 3.8) is 0 Å². The van der Waals surface area contributed by atoms with Gasteiger partial charge in [0.1, 0.15) is 0 Å². The van der Waals surface area contributed by atoms with Crippen molar-refractivity contribution >= 4 is 5.78 Å². The highest BCUT2D eigenvalue weighted by Crippen LogP contribution is 2.14. The van der Waals surface area contributed by atoms with E-state index in [9.17, 15) is 4.79 Å². The van der Waals surface area contributed by atoms with Crippen LogP contribution in [0.3, 0.4) is 0 Å². The maximum absolute atomic E-state index is 12.3. The van der Waals surface area contributed by atoms with Gasteiger partial charge in [-0.3, -0.25) is 9.69 Å². The summed E-state index contributed by atoms with van der Waals surface area (Å²) in [5.74, 6) is 0.194. The second-order valence-electron chi connectivity index (χ2n) is 4.57. The first-order valence-corrected chi connectivity index (χ1v) is 6.13. The molecule has 0 aromatic heterocycles. The average Bonchev–Trinajstić information content (AvgIpc) is 2.39. The van der Waals surface area contributed by atoms with Crippen LogP contribution in [0.5, 0.6) is 0 Å². The van der Waals surface area contributed by atoms with Crippen molar-refractivity contribution in [2.75, 3.05) is 19.8 Å². The standard InChI is InChI=1S/C14H19NO2/c1-11-10-17-9-8-15(11)12(2)14(16)13-6-4-3-5-7-13/h3-7,11-12H,8-10H2,1-2H3. The molecule has 3 heteroatoms. The van der Waals surface area contributed by atoms with Crippen molar-refractivity contribution in [3.8, 4) is 0 Å². The Morgan fingerprint density at radius 1 is 1.41 bits per heavy atom. The molecule has 1 aliphatic rings. The maximum atomic E-state index is 12.3. The quantitative estimate of drug-likeness (QED) is 0.748. The number of ketones is 1. The summed E-state index contributed by atoms with van der Waals surface area (Å²) in [6.07, 6.45) is 0. The lowest BCUT2D eigenvalue weighted by molar-refractivity contribution is -0.0143. The third-order valence-corrected chi connectivity index (χ3v) is 3.35. The number of hydrogen-bond donors (Lipinski definition) is 0. The van der Waals surface area contributed by atoms with E-state index in [4.69, 9.17) is 4.74 Å². The van der Waals surface area contributed by atoms with Crippen molar-refractivity contribution in [2.24, 2.45) is 0 Å². The van der Waals surface area contributed by atoms with E-state index < -0.39 is 0 Å². The van der Waals surface area contributed by atoms with Crippen molar-refractivity contribution in [3.05, 3.63) is 35.9 Å². The summed E-state index contributed by atoms with van der Waals surface area (Å²) in [6.45, 7) is 6.36. The van der Waals surface area contributed by atoms with Gasteiger partial charge >= 0.3 is 0 Å².